The highest BCUT2D eigenvalue weighted by molar-refractivity contribution is 7.93. The fraction of sp³-hybridized carbons (Fsp3) is 0.667. The predicted molar refractivity (Wildman–Crippen MR) is 56.9 cm³/mol. The number of amides is 2. The summed E-state index contributed by atoms with van der Waals surface area (Å²) in [6.45, 7) is 0. The van der Waals surface area contributed by atoms with Gasteiger partial charge in [-0.25, -0.2) is 13.2 Å². The first-order valence-electron chi connectivity index (χ1n) is 5.33. The molecule has 9 heteroatoms. The highest BCUT2D eigenvalue weighted by Crippen LogP contribution is 2.52. The fourth-order valence-electron chi connectivity index (χ4n) is 3.28. The number of sulfone groups is 1. The highest BCUT2D eigenvalue weighted by Gasteiger charge is 2.69. The summed E-state index contributed by atoms with van der Waals surface area (Å²) in [5.41, 5.74) is -1.30. The van der Waals surface area contributed by atoms with Crippen molar-refractivity contribution >= 4 is 38.7 Å². The summed E-state index contributed by atoms with van der Waals surface area (Å²) in [4.78, 5) is 38.8. The van der Waals surface area contributed by atoms with E-state index in [0.717, 1.165) is 0 Å². The lowest BCUT2D eigenvalue weighted by Gasteiger charge is -2.15. The van der Waals surface area contributed by atoms with E-state index >= 15 is 0 Å². The number of imide groups is 1. The van der Waals surface area contributed by atoms with Crippen molar-refractivity contribution in [3.8, 4) is 0 Å². The molecule has 4 atom stereocenters. The highest BCUT2D eigenvalue weighted by atomic mass is 35.5. The van der Waals surface area contributed by atoms with Crippen molar-refractivity contribution in [3.63, 3.8) is 0 Å². The second-order valence-corrected chi connectivity index (χ2v) is 7.29. The number of rotatable bonds is 1. The van der Waals surface area contributed by atoms with E-state index in [1.807, 2.05) is 0 Å². The second kappa shape index (κ2) is 3.45. The summed E-state index contributed by atoms with van der Waals surface area (Å²) in [6.07, 6.45) is 0.742. The van der Waals surface area contributed by atoms with Gasteiger partial charge in [-0.2, -0.15) is 0 Å². The first kappa shape index (κ1) is 11.9. The number of fused-ring (bicyclic) bond motifs is 5. The maximum Gasteiger partial charge on any atom is 0.428 e. The van der Waals surface area contributed by atoms with Crippen LogP contribution in [0.3, 0.4) is 0 Å². The maximum absolute atomic E-state index is 11.9. The van der Waals surface area contributed by atoms with Crippen LogP contribution in [0.4, 0.5) is 4.79 Å². The van der Waals surface area contributed by atoms with Gasteiger partial charge in [0.1, 0.15) is 0 Å². The average molecular weight is 294 g/mol. The van der Waals surface area contributed by atoms with Gasteiger partial charge in [0.05, 0.1) is 22.3 Å². The molecular weight excluding hydrogens is 286 g/mol. The maximum atomic E-state index is 11.9. The zero-order chi connectivity index (χ0) is 13.2. The van der Waals surface area contributed by atoms with Crippen LogP contribution < -0.4 is 0 Å². The second-order valence-electron chi connectivity index (χ2n) is 4.59. The quantitative estimate of drug-likeness (QED) is 0.492. The van der Waals surface area contributed by atoms with E-state index in [1.165, 1.54) is 0 Å². The molecule has 3 heterocycles. The Kier molecular flexibility index (Phi) is 2.28. The first-order chi connectivity index (χ1) is 8.35. The van der Waals surface area contributed by atoms with Crippen LogP contribution >= 0.6 is 11.6 Å². The van der Waals surface area contributed by atoms with E-state index in [-0.39, 0.29) is 0 Å². The smallest absolute Gasteiger partial charge is 0.315 e. The molecule has 0 aliphatic carbocycles. The number of hydrogen-bond acceptors (Lipinski definition) is 6. The molecule has 0 saturated carbocycles. The molecule has 0 N–H and O–H groups in total. The molecule has 98 valence electrons. The molecule has 2 bridgehead atoms. The number of halogens is 1. The van der Waals surface area contributed by atoms with E-state index in [0.29, 0.717) is 17.9 Å². The van der Waals surface area contributed by atoms with Gasteiger partial charge in [0.25, 0.3) is 11.8 Å². The molecule has 4 unspecified atom stereocenters. The van der Waals surface area contributed by atoms with Crippen LogP contribution in [-0.4, -0.2) is 41.2 Å². The number of nitrogens with zero attached hydrogens (tertiary/aromatic N) is 1. The van der Waals surface area contributed by atoms with Gasteiger partial charge in [0, 0.05) is 11.6 Å². The van der Waals surface area contributed by atoms with E-state index < -0.39 is 49.4 Å². The first-order valence-corrected chi connectivity index (χ1v) is 7.32. The normalized spacial score (nSPS) is 40.2. The van der Waals surface area contributed by atoms with Gasteiger partial charge in [-0.1, -0.05) is 0 Å². The molecule has 0 spiro atoms. The molecule has 2 amide bonds. The van der Waals surface area contributed by atoms with Crippen molar-refractivity contribution in [1.29, 1.82) is 0 Å². The summed E-state index contributed by atoms with van der Waals surface area (Å²) in [5, 5.41) is -1.35. The van der Waals surface area contributed by atoms with E-state index in [4.69, 9.17) is 11.6 Å². The Hall–Kier alpha value is -1.15. The van der Waals surface area contributed by atoms with Gasteiger partial charge >= 0.3 is 5.43 Å². The average Bonchev–Trinajstić information content (AvgIpc) is 2.79. The minimum atomic E-state index is -3.41. The lowest BCUT2D eigenvalue weighted by molar-refractivity contribution is -0.171. The van der Waals surface area contributed by atoms with Crippen LogP contribution in [0, 0.1) is 11.8 Å². The Morgan fingerprint density at radius 3 is 2.00 bits per heavy atom. The molecular formula is C9H8ClNO6S. The largest absolute Gasteiger partial charge is 0.428 e. The Bertz CT molecular complexity index is 536. The van der Waals surface area contributed by atoms with Crippen molar-refractivity contribution in [2.45, 2.75) is 23.3 Å². The van der Waals surface area contributed by atoms with Crippen molar-refractivity contribution in [2.24, 2.45) is 11.8 Å². The van der Waals surface area contributed by atoms with E-state index in [9.17, 15) is 22.8 Å². The lowest BCUT2D eigenvalue weighted by atomic mass is 9.81. The minimum absolute atomic E-state index is 0.310. The van der Waals surface area contributed by atoms with Gasteiger partial charge in [-0.05, 0) is 12.8 Å². The van der Waals surface area contributed by atoms with E-state index in [2.05, 4.69) is 4.84 Å². The van der Waals surface area contributed by atoms with Crippen LogP contribution in [0.25, 0.3) is 0 Å². The van der Waals surface area contributed by atoms with Crippen LogP contribution in [0.2, 0.25) is 0 Å². The van der Waals surface area contributed by atoms with Gasteiger partial charge in [-0.3, -0.25) is 9.59 Å². The Morgan fingerprint density at radius 2 is 1.61 bits per heavy atom. The molecule has 18 heavy (non-hydrogen) atoms. The van der Waals surface area contributed by atoms with Crippen LogP contribution in [0.5, 0.6) is 0 Å². The van der Waals surface area contributed by atoms with Gasteiger partial charge in [-0.15, -0.1) is 5.06 Å². The summed E-state index contributed by atoms with van der Waals surface area (Å²) in [7, 11) is -3.41. The number of hydroxylamine groups is 2. The third kappa shape index (κ3) is 1.24. The predicted octanol–water partition coefficient (Wildman–Crippen LogP) is -0.163. The third-order valence-corrected chi connectivity index (χ3v) is 6.72. The van der Waals surface area contributed by atoms with Crippen molar-refractivity contribution in [3.05, 3.63) is 0 Å². The molecule has 0 radical (unpaired) electrons. The number of carbonyl (C=O) groups excluding carboxylic acids is 3. The van der Waals surface area contributed by atoms with Crippen molar-refractivity contribution in [2.75, 3.05) is 0 Å². The summed E-state index contributed by atoms with van der Waals surface area (Å²) < 4.78 is 23.9. The molecule has 0 aromatic carbocycles. The Morgan fingerprint density at radius 1 is 1.17 bits per heavy atom. The van der Waals surface area contributed by atoms with Crippen LogP contribution in [-0.2, 0) is 24.3 Å². The van der Waals surface area contributed by atoms with Gasteiger partial charge < -0.3 is 4.84 Å². The molecule has 0 aromatic rings. The topological polar surface area (TPSA) is 97.8 Å². The van der Waals surface area contributed by atoms with Crippen molar-refractivity contribution < 1.29 is 27.6 Å². The standard InChI is InChI=1S/C9H8ClNO6S/c10-9(14)17-11-7(12)5-3-1-2-4(18(3,15)16)6(5)8(11)13/h3-6H,1-2H2. The van der Waals surface area contributed by atoms with Crippen molar-refractivity contribution in [1.82, 2.24) is 5.06 Å². The zero-order valence-corrected chi connectivity index (χ0v) is 10.5. The molecule has 7 nitrogen and oxygen atoms in total. The summed E-state index contributed by atoms with van der Waals surface area (Å²) >= 11 is 4.96. The summed E-state index contributed by atoms with van der Waals surface area (Å²) in [6, 6.07) is 0. The molecule has 3 saturated heterocycles. The molecule has 3 aliphatic heterocycles. The monoisotopic (exact) mass is 293 g/mol. The van der Waals surface area contributed by atoms with E-state index in [1.54, 1.807) is 0 Å². The van der Waals surface area contributed by atoms with Gasteiger partial charge in [0.2, 0.25) is 0 Å². The molecule has 3 aliphatic rings. The number of carbonyl (C=O) groups is 3. The Balaban J connectivity index is 2.00. The molecule has 3 rings (SSSR count). The van der Waals surface area contributed by atoms with Crippen LogP contribution in [0.15, 0.2) is 0 Å². The third-order valence-electron chi connectivity index (χ3n) is 3.90. The summed E-state index contributed by atoms with van der Waals surface area (Å²) in [5.74, 6) is -3.40. The SMILES string of the molecule is O=C(Cl)ON1C(=O)C2C(C1=O)C1CCC2S1(=O)=O. The number of hydrogen-bond donors (Lipinski definition) is 0. The zero-order valence-electron chi connectivity index (χ0n) is 8.91. The molecule has 0 aromatic heterocycles. The Labute approximate surface area is 107 Å². The fourth-order valence-corrected chi connectivity index (χ4v) is 6.11. The van der Waals surface area contributed by atoms with Crippen LogP contribution in [0.1, 0.15) is 12.8 Å². The van der Waals surface area contributed by atoms with Gasteiger partial charge in [0.15, 0.2) is 9.84 Å². The molecule has 3 fully saturated rings. The minimum Gasteiger partial charge on any atom is -0.315 e. The lowest BCUT2D eigenvalue weighted by Crippen LogP contribution is -2.36.